The number of nitrogens with two attached hydrogens (primary N) is 1. The molecule has 0 unspecified atom stereocenters. The smallest absolute Gasteiger partial charge is 0.265 e. The number of aromatic nitrogens is 5. The Morgan fingerprint density at radius 3 is 2.68 bits per heavy atom. The summed E-state index contributed by atoms with van der Waals surface area (Å²) in [6.07, 6.45) is 9.53. The van der Waals surface area contributed by atoms with Gasteiger partial charge in [-0.2, -0.15) is 10.1 Å². The predicted molar refractivity (Wildman–Crippen MR) is 140 cm³/mol. The topological polar surface area (TPSA) is 125 Å². The van der Waals surface area contributed by atoms with E-state index >= 15 is 0 Å². The minimum Gasteiger partial charge on any atom is -0.474 e. The number of ether oxygens (including phenoxy) is 1. The Balaban J connectivity index is 1.05. The van der Waals surface area contributed by atoms with Crippen molar-refractivity contribution in [2.24, 2.45) is 17.6 Å². The zero-order valence-corrected chi connectivity index (χ0v) is 22.3. The Labute approximate surface area is 223 Å². The maximum atomic E-state index is 13.3. The molecule has 0 aromatic carbocycles. The van der Waals surface area contributed by atoms with E-state index in [1.54, 1.807) is 6.20 Å². The zero-order valence-electron chi connectivity index (χ0n) is 21.5. The molecule has 0 radical (unpaired) electrons. The fraction of sp³-hybridized carbons (Fsp3) is 0.444. The van der Waals surface area contributed by atoms with Gasteiger partial charge in [-0.05, 0) is 56.7 Å². The molecule has 3 aliphatic rings. The summed E-state index contributed by atoms with van der Waals surface area (Å²) >= 11 is 1.32. The summed E-state index contributed by atoms with van der Waals surface area (Å²) in [5.41, 5.74) is 8.78. The lowest BCUT2D eigenvalue weighted by Crippen LogP contribution is -2.33. The van der Waals surface area contributed by atoms with E-state index in [0.29, 0.717) is 52.2 Å². The summed E-state index contributed by atoms with van der Waals surface area (Å²) in [7, 11) is 0. The lowest BCUT2D eigenvalue weighted by molar-refractivity contribution is 0.0755. The summed E-state index contributed by atoms with van der Waals surface area (Å²) in [6, 6.07) is 3.91. The quantitative estimate of drug-likeness (QED) is 0.381. The molecule has 1 amide bonds. The molecule has 2 saturated carbocycles. The molecule has 5 heterocycles. The first-order valence-electron chi connectivity index (χ1n) is 12.9. The number of rotatable bonds is 7. The third-order valence-corrected chi connectivity index (χ3v) is 8.82. The first-order chi connectivity index (χ1) is 18.2. The van der Waals surface area contributed by atoms with Crippen molar-refractivity contribution in [3.8, 4) is 22.6 Å². The third kappa shape index (κ3) is 4.19. The van der Waals surface area contributed by atoms with Crippen LogP contribution in [-0.2, 0) is 5.54 Å². The van der Waals surface area contributed by atoms with Crippen LogP contribution >= 0.6 is 11.3 Å². The highest BCUT2D eigenvalue weighted by atomic mass is 32.1. The highest BCUT2D eigenvalue weighted by Crippen LogP contribution is 2.48. The van der Waals surface area contributed by atoms with E-state index in [-0.39, 0.29) is 23.8 Å². The van der Waals surface area contributed by atoms with Crippen LogP contribution in [0.5, 0.6) is 5.88 Å². The van der Waals surface area contributed by atoms with Gasteiger partial charge in [0.2, 0.25) is 5.88 Å². The zero-order chi connectivity index (χ0) is 26.2. The first kappa shape index (κ1) is 23.5. The van der Waals surface area contributed by atoms with Gasteiger partial charge in [-0.25, -0.2) is 14.6 Å². The van der Waals surface area contributed by atoms with Crippen molar-refractivity contribution in [1.29, 1.82) is 0 Å². The number of thiazole rings is 1. The van der Waals surface area contributed by atoms with E-state index in [2.05, 4.69) is 21.3 Å². The molecule has 3 fully saturated rings. The van der Waals surface area contributed by atoms with Gasteiger partial charge in [-0.15, -0.1) is 11.3 Å². The molecule has 11 heteroatoms. The van der Waals surface area contributed by atoms with Crippen LogP contribution in [0.25, 0.3) is 16.7 Å². The highest BCUT2D eigenvalue weighted by Gasteiger charge is 2.59. The van der Waals surface area contributed by atoms with Crippen molar-refractivity contribution in [2.75, 3.05) is 13.1 Å². The number of nitrogens with zero attached hydrogens (tertiary/aromatic N) is 6. The van der Waals surface area contributed by atoms with Crippen molar-refractivity contribution in [3.05, 3.63) is 58.7 Å². The number of carbonyl (C=O) groups excluding carboxylic acids is 1. The number of likely N-dealkylation sites (tertiary alicyclic amines) is 1. The monoisotopic (exact) mass is 531 g/mol. The minimum atomic E-state index is -0.554. The minimum absolute atomic E-state index is 0.00111. The van der Waals surface area contributed by atoms with Crippen LogP contribution in [0.1, 0.15) is 59.1 Å². The normalized spacial score (nSPS) is 22.5. The van der Waals surface area contributed by atoms with Crippen molar-refractivity contribution in [2.45, 2.75) is 51.2 Å². The molecule has 7 rings (SSSR count). The molecule has 2 aliphatic carbocycles. The molecule has 38 heavy (non-hydrogen) atoms. The van der Waals surface area contributed by atoms with Gasteiger partial charge in [-0.1, -0.05) is 0 Å². The van der Waals surface area contributed by atoms with Gasteiger partial charge in [-0.3, -0.25) is 4.79 Å². The van der Waals surface area contributed by atoms with Crippen molar-refractivity contribution in [1.82, 2.24) is 29.6 Å². The first-order valence-corrected chi connectivity index (χ1v) is 13.8. The van der Waals surface area contributed by atoms with Crippen LogP contribution in [0.4, 0.5) is 0 Å². The van der Waals surface area contributed by atoms with E-state index in [0.717, 1.165) is 5.56 Å². The molecule has 196 valence electrons. The highest BCUT2D eigenvalue weighted by molar-refractivity contribution is 7.17. The van der Waals surface area contributed by atoms with Crippen LogP contribution in [0.2, 0.25) is 0 Å². The molecule has 4 aromatic heterocycles. The Morgan fingerprint density at radius 2 is 2.00 bits per heavy atom. The molecular formula is C27H29N7O3S. The van der Waals surface area contributed by atoms with E-state index in [4.69, 9.17) is 19.9 Å². The van der Waals surface area contributed by atoms with E-state index in [1.807, 2.05) is 48.7 Å². The second-order valence-corrected chi connectivity index (χ2v) is 12.2. The maximum Gasteiger partial charge on any atom is 0.265 e. The Hall–Kier alpha value is -3.57. The largest absolute Gasteiger partial charge is 0.474 e. The molecule has 4 aromatic rings. The maximum absolute atomic E-state index is 13.3. The number of hydrogen-bond donors (Lipinski definition) is 1. The Bertz CT molecular complexity index is 1500. The van der Waals surface area contributed by atoms with E-state index < -0.39 is 5.54 Å². The lowest BCUT2D eigenvalue weighted by atomic mass is 9.96. The molecular weight excluding hydrogens is 502 g/mol. The van der Waals surface area contributed by atoms with E-state index in [9.17, 15) is 4.79 Å². The van der Waals surface area contributed by atoms with Crippen molar-refractivity contribution in [3.63, 3.8) is 0 Å². The average Bonchev–Trinajstić information content (AvgIpc) is 3.45. The molecule has 10 nitrogen and oxygen atoms in total. The average molecular weight is 532 g/mol. The molecule has 2 N–H and O–H groups in total. The fourth-order valence-corrected chi connectivity index (χ4v) is 6.22. The van der Waals surface area contributed by atoms with Crippen LogP contribution in [0.3, 0.4) is 0 Å². The van der Waals surface area contributed by atoms with E-state index in [1.165, 1.54) is 36.0 Å². The van der Waals surface area contributed by atoms with Gasteiger partial charge in [0.25, 0.3) is 11.8 Å². The predicted octanol–water partition coefficient (Wildman–Crippen LogP) is 3.91. The van der Waals surface area contributed by atoms with Gasteiger partial charge >= 0.3 is 0 Å². The van der Waals surface area contributed by atoms with Gasteiger partial charge in [0, 0.05) is 42.7 Å². The molecule has 1 aliphatic heterocycles. The SMILES string of the molecule is Cc1nc(-c2ncco2)sc1C(=O)N1C[C@@H]2[C@H](C1)[C@@H]2Oc1cc(C(C)(C)N)cc(-n2cc(C3CC3)cn2)n1. The fourth-order valence-electron chi connectivity index (χ4n) is 5.24. The van der Waals surface area contributed by atoms with Crippen molar-refractivity contribution >= 4 is 17.2 Å². The summed E-state index contributed by atoms with van der Waals surface area (Å²) in [5, 5.41) is 5.16. The molecule has 3 atom stereocenters. The third-order valence-electron chi connectivity index (χ3n) is 7.68. The molecule has 0 bridgehead atoms. The Kier molecular flexibility index (Phi) is 5.25. The second kappa shape index (κ2) is 8.47. The Morgan fingerprint density at radius 1 is 1.21 bits per heavy atom. The lowest BCUT2D eigenvalue weighted by Gasteiger charge is -2.22. The summed E-state index contributed by atoms with van der Waals surface area (Å²) < 4.78 is 13.5. The number of pyridine rings is 1. The summed E-state index contributed by atoms with van der Waals surface area (Å²) in [6.45, 7) is 7.09. The number of fused-ring (bicyclic) bond motifs is 1. The van der Waals surface area contributed by atoms with Crippen LogP contribution in [0.15, 0.2) is 41.4 Å². The number of hydrogen-bond acceptors (Lipinski definition) is 9. The number of amides is 1. The number of piperidine rings is 1. The number of oxazole rings is 1. The van der Waals surface area contributed by atoms with Gasteiger partial charge in [0.15, 0.2) is 10.8 Å². The van der Waals surface area contributed by atoms with Crippen molar-refractivity contribution < 1.29 is 13.9 Å². The van der Waals surface area contributed by atoms with Crippen LogP contribution < -0.4 is 10.5 Å². The number of carbonyl (C=O) groups is 1. The van der Waals surface area contributed by atoms with Crippen LogP contribution in [0, 0.1) is 18.8 Å². The van der Waals surface area contributed by atoms with Gasteiger partial charge in [0.05, 0.1) is 18.1 Å². The molecule has 0 spiro atoms. The van der Waals surface area contributed by atoms with Gasteiger partial charge in [0.1, 0.15) is 17.2 Å². The molecule has 1 saturated heterocycles. The number of aryl methyl sites for hydroxylation is 1. The van der Waals surface area contributed by atoms with Crippen LogP contribution in [-0.4, -0.2) is 54.7 Å². The van der Waals surface area contributed by atoms with Gasteiger partial charge < -0.3 is 19.8 Å². The summed E-state index contributed by atoms with van der Waals surface area (Å²) in [4.78, 5) is 29.2. The second-order valence-electron chi connectivity index (χ2n) is 11.2. The standard InChI is InChI=1S/C27H29N7O3S/c1-14-23(38-25(31-14)24-29-6-7-36-24)26(35)33-12-18-19(13-33)22(18)37-21-9-17(27(2,3)28)8-20(32-21)34-11-16(10-30-34)15-4-5-15/h6-11,15,18-19,22H,4-5,12-13,28H2,1-3H3/t18-,19+,22-. The summed E-state index contributed by atoms with van der Waals surface area (Å²) in [5.74, 6) is 2.87.